The number of hydrogen-bond donors (Lipinski definition) is 1. The Balaban J connectivity index is 1.73. The number of nitrogens with zero attached hydrogens (tertiary/aromatic N) is 3. The van der Waals surface area contributed by atoms with Gasteiger partial charge in [0.1, 0.15) is 5.69 Å². The Bertz CT molecular complexity index is 1060. The topological polar surface area (TPSA) is 84.3 Å². The van der Waals surface area contributed by atoms with Crippen LogP contribution < -0.4 is 10.9 Å². The van der Waals surface area contributed by atoms with Crippen molar-refractivity contribution < 1.29 is 9.59 Å². The number of carbonyl (C=O) groups is 2. The first-order chi connectivity index (χ1) is 14.0. The Morgan fingerprint density at radius 3 is 2.31 bits per heavy atom. The van der Waals surface area contributed by atoms with E-state index in [1.165, 1.54) is 21.7 Å². The van der Waals surface area contributed by atoms with Crippen molar-refractivity contribution in [2.24, 2.45) is 0 Å². The summed E-state index contributed by atoms with van der Waals surface area (Å²) in [6, 6.07) is 19.3. The van der Waals surface area contributed by atoms with E-state index in [4.69, 9.17) is 0 Å². The predicted octanol–water partition coefficient (Wildman–Crippen LogP) is 1.92. The van der Waals surface area contributed by atoms with Gasteiger partial charge in [-0.1, -0.05) is 42.5 Å². The summed E-state index contributed by atoms with van der Waals surface area (Å²) in [5, 5.41) is 6.81. The highest BCUT2D eigenvalue weighted by atomic mass is 16.2. The molecule has 2 amide bonds. The van der Waals surface area contributed by atoms with Gasteiger partial charge in [-0.3, -0.25) is 14.4 Å². The van der Waals surface area contributed by atoms with Gasteiger partial charge in [0.05, 0.1) is 6.54 Å². The van der Waals surface area contributed by atoms with Crippen LogP contribution in [0.3, 0.4) is 0 Å². The molecule has 1 aromatic heterocycles. The number of nitrogens with one attached hydrogen (secondary N) is 1. The number of rotatable bonds is 6. The third kappa shape index (κ3) is 4.95. The van der Waals surface area contributed by atoms with Crippen molar-refractivity contribution in [2.45, 2.75) is 13.1 Å². The second-order valence-corrected chi connectivity index (χ2v) is 6.64. The number of hydrogen-bond acceptors (Lipinski definition) is 4. The monoisotopic (exact) mass is 390 g/mol. The van der Waals surface area contributed by atoms with E-state index in [0.29, 0.717) is 18.7 Å². The molecule has 0 bridgehead atoms. The Morgan fingerprint density at radius 2 is 1.66 bits per heavy atom. The van der Waals surface area contributed by atoms with Gasteiger partial charge in [0.15, 0.2) is 0 Å². The SMILES string of the molecule is CNC(=O)c1ccc(CN(C)C(=O)c2ccc(=O)n(Cc3ccccc3)n2)cc1. The molecule has 0 saturated heterocycles. The lowest BCUT2D eigenvalue weighted by Crippen LogP contribution is -2.31. The van der Waals surface area contributed by atoms with Crippen molar-refractivity contribution in [1.82, 2.24) is 20.0 Å². The Kier molecular flexibility index (Phi) is 6.19. The molecule has 0 fully saturated rings. The largest absolute Gasteiger partial charge is 0.355 e. The lowest BCUT2D eigenvalue weighted by atomic mass is 10.1. The Labute approximate surface area is 168 Å². The smallest absolute Gasteiger partial charge is 0.274 e. The third-order valence-corrected chi connectivity index (χ3v) is 4.47. The molecule has 0 spiro atoms. The van der Waals surface area contributed by atoms with Crippen LogP contribution >= 0.6 is 0 Å². The van der Waals surface area contributed by atoms with Crippen LogP contribution in [0.1, 0.15) is 32.0 Å². The van der Waals surface area contributed by atoms with Crippen molar-refractivity contribution >= 4 is 11.8 Å². The number of carbonyl (C=O) groups excluding carboxylic acids is 2. The zero-order valence-corrected chi connectivity index (χ0v) is 16.3. The van der Waals surface area contributed by atoms with E-state index in [2.05, 4.69) is 10.4 Å². The highest BCUT2D eigenvalue weighted by Crippen LogP contribution is 2.09. The molecule has 7 heteroatoms. The summed E-state index contributed by atoms with van der Waals surface area (Å²) >= 11 is 0. The lowest BCUT2D eigenvalue weighted by Gasteiger charge is -2.17. The lowest BCUT2D eigenvalue weighted by molar-refractivity contribution is 0.0776. The Morgan fingerprint density at radius 1 is 0.966 bits per heavy atom. The van der Waals surface area contributed by atoms with E-state index >= 15 is 0 Å². The second-order valence-electron chi connectivity index (χ2n) is 6.64. The van der Waals surface area contributed by atoms with Crippen LogP contribution in [0.4, 0.5) is 0 Å². The third-order valence-electron chi connectivity index (χ3n) is 4.47. The molecule has 0 radical (unpaired) electrons. The molecule has 1 N–H and O–H groups in total. The minimum Gasteiger partial charge on any atom is -0.355 e. The van der Waals surface area contributed by atoms with Gasteiger partial charge in [0, 0.05) is 32.3 Å². The molecule has 3 aromatic rings. The number of aromatic nitrogens is 2. The second kappa shape index (κ2) is 8.97. The average Bonchev–Trinajstić information content (AvgIpc) is 2.75. The summed E-state index contributed by atoms with van der Waals surface area (Å²) in [6.07, 6.45) is 0. The van der Waals surface area contributed by atoms with E-state index in [1.807, 2.05) is 30.3 Å². The molecule has 29 heavy (non-hydrogen) atoms. The molecular formula is C22H22N4O3. The maximum atomic E-state index is 12.8. The maximum Gasteiger partial charge on any atom is 0.274 e. The van der Waals surface area contributed by atoms with E-state index in [-0.39, 0.29) is 23.1 Å². The normalized spacial score (nSPS) is 10.4. The van der Waals surface area contributed by atoms with Gasteiger partial charge < -0.3 is 10.2 Å². The van der Waals surface area contributed by atoms with Crippen LogP contribution in [0, 0.1) is 0 Å². The summed E-state index contributed by atoms with van der Waals surface area (Å²) < 4.78 is 1.29. The molecule has 148 valence electrons. The summed E-state index contributed by atoms with van der Waals surface area (Å²) in [7, 11) is 3.25. The number of amides is 2. The first-order valence-corrected chi connectivity index (χ1v) is 9.16. The van der Waals surface area contributed by atoms with Crippen LogP contribution in [-0.2, 0) is 13.1 Å². The summed E-state index contributed by atoms with van der Waals surface area (Å²) in [4.78, 5) is 38.0. The minimum atomic E-state index is -0.290. The molecule has 0 saturated carbocycles. The highest BCUT2D eigenvalue weighted by molar-refractivity contribution is 5.94. The van der Waals surface area contributed by atoms with Crippen LogP contribution in [0.2, 0.25) is 0 Å². The zero-order valence-electron chi connectivity index (χ0n) is 16.3. The minimum absolute atomic E-state index is 0.161. The molecule has 7 nitrogen and oxygen atoms in total. The van der Waals surface area contributed by atoms with Gasteiger partial charge in [0.2, 0.25) is 0 Å². The Hall–Kier alpha value is -3.74. The molecule has 3 rings (SSSR count). The molecule has 0 unspecified atom stereocenters. The molecule has 0 atom stereocenters. The quantitative estimate of drug-likeness (QED) is 0.697. The zero-order chi connectivity index (χ0) is 20.8. The first-order valence-electron chi connectivity index (χ1n) is 9.16. The van der Waals surface area contributed by atoms with Crippen molar-refractivity contribution in [1.29, 1.82) is 0 Å². The van der Waals surface area contributed by atoms with Gasteiger partial charge in [0.25, 0.3) is 17.4 Å². The van der Waals surface area contributed by atoms with Crippen molar-refractivity contribution in [3.05, 3.63) is 99.5 Å². The van der Waals surface area contributed by atoms with E-state index in [9.17, 15) is 14.4 Å². The van der Waals surface area contributed by atoms with Gasteiger partial charge in [-0.15, -0.1) is 0 Å². The first kappa shape index (κ1) is 20.0. The summed E-state index contributed by atoms with van der Waals surface area (Å²) in [5.41, 5.74) is 2.30. The fourth-order valence-corrected chi connectivity index (χ4v) is 2.88. The van der Waals surface area contributed by atoms with Crippen LogP contribution in [0.5, 0.6) is 0 Å². The van der Waals surface area contributed by atoms with Crippen molar-refractivity contribution in [3.8, 4) is 0 Å². The van der Waals surface area contributed by atoms with Gasteiger partial charge >= 0.3 is 0 Å². The van der Waals surface area contributed by atoms with Crippen molar-refractivity contribution in [2.75, 3.05) is 14.1 Å². The summed E-state index contributed by atoms with van der Waals surface area (Å²) in [5.74, 6) is -0.451. The molecule has 0 aliphatic heterocycles. The fraction of sp³-hybridized carbons (Fsp3) is 0.182. The van der Waals surface area contributed by atoms with E-state index in [0.717, 1.165) is 11.1 Å². The van der Waals surface area contributed by atoms with Gasteiger partial charge in [-0.2, -0.15) is 5.10 Å². The molecular weight excluding hydrogens is 368 g/mol. The van der Waals surface area contributed by atoms with Crippen LogP contribution in [0.25, 0.3) is 0 Å². The van der Waals surface area contributed by atoms with Gasteiger partial charge in [-0.25, -0.2) is 4.68 Å². The van der Waals surface area contributed by atoms with Crippen LogP contribution in [-0.4, -0.2) is 40.6 Å². The maximum absolute atomic E-state index is 12.8. The van der Waals surface area contributed by atoms with Crippen LogP contribution in [0.15, 0.2) is 71.5 Å². The standard InChI is InChI=1S/C22H22N4O3/c1-23-21(28)18-10-8-17(9-11-18)14-25(2)22(29)19-12-13-20(27)26(24-19)15-16-6-4-3-5-7-16/h3-13H,14-15H2,1-2H3,(H,23,28). The van der Waals surface area contributed by atoms with Gasteiger partial charge in [-0.05, 0) is 29.3 Å². The fourth-order valence-electron chi connectivity index (χ4n) is 2.88. The highest BCUT2D eigenvalue weighted by Gasteiger charge is 2.15. The van der Waals surface area contributed by atoms with E-state index < -0.39 is 0 Å². The van der Waals surface area contributed by atoms with E-state index in [1.54, 1.807) is 38.4 Å². The molecule has 2 aromatic carbocycles. The predicted molar refractivity (Wildman–Crippen MR) is 110 cm³/mol. The average molecular weight is 390 g/mol. The van der Waals surface area contributed by atoms with Crippen molar-refractivity contribution in [3.63, 3.8) is 0 Å². The number of benzene rings is 2. The molecule has 0 aliphatic carbocycles. The summed E-state index contributed by atoms with van der Waals surface area (Å²) in [6.45, 7) is 0.651. The molecule has 1 heterocycles. The molecule has 0 aliphatic rings.